The van der Waals surface area contributed by atoms with Gasteiger partial charge in [-0.1, -0.05) is 35.0 Å². The molecule has 0 spiro atoms. The van der Waals surface area contributed by atoms with Crippen molar-refractivity contribution in [3.05, 3.63) is 57.6 Å². The first-order chi connectivity index (χ1) is 11.7. The average molecular weight is 388 g/mol. The molecule has 1 fully saturated rings. The lowest BCUT2D eigenvalue weighted by molar-refractivity contribution is 0.0826. The van der Waals surface area contributed by atoms with Crippen LogP contribution in [-0.2, 0) is 11.2 Å². The summed E-state index contributed by atoms with van der Waals surface area (Å²) in [6, 6.07) is 13.1. The molecule has 0 amide bonds. The van der Waals surface area contributed by atoms with Crippen molar-refractivity contribution in [2.75, 3.05) is 19.0 Å². The van der Waals surface area contributed by atoms with Crippen LogP contribution in [0, 0.1) is 5.92 Å². The highest BCUT2D eigenvalue weighted by Gasteiger charge is 2.42. The van der Waals surface area contributed by atoms with Gasteiger partial charge in [-0.3, -0.25) is 0 Å². The fraction of sp³-hybridized carbons (Fsp3) is 0.400. The van der Waals surface area contributed by atoms with Crippen LogP contribution in [0.4, 0.5) is 5.69 Å². The van der Waals surface area contributed by atoms with E-state index in [0.717, 1.165) is 29.7 Å². The Morgan fingerprint density at radius 3 is 2.88 bits per heavy atom. The van der Waals surface area contributed by atoms with Gasteiger partial charge >= 0.3 is 0 Å². The summed E-state index contributed by atoms with van der Waals surface area (Å²) in [4.78, 5) is 0. The Bertz CT molecular complexity index is 761. The minimum absolute atomic E-state index is 0.168. The molecule has 2 aromatic carbocycles. The van der Waals surface area contributed by atoms with E-state index in [0.29, 0.717) is 5.92 Å². The highest BCUT2D eigenvalue weighted by Crippen LogP contribution is 2.51. The number of hydrogen-bond donors (Lipinski definition) is 1. The van der Waals surface area contributed by atoms with Crippen molar-refractivity contribution >= 4 is 21.6 Å². The van der Waals surface area contributed by atoms with Gasteiger partial charge in [0.2, 0.25) is 0 Å². The number of ether oxygens (including phenoxy) is 2. The van der Waals surface area contributed by atoms with E-state index >= 15 is 0 Å². The number of fused-ring (bicyclic) bond motifs is 3. The van der Waals surface area contributed by atoms with Crippen LogP contribution in [-0.4, -0.2) is 13.7 Å². The zero-order valence-corrected chi connectivity index (χ0v) is 15.6. The monoisotopic (exact) mass is 387 g/mol. The number of rotatable bonds is 3. The Hall–Kier alpha value is -1.52. The number of benzene rings is 2. The van der Waals surface area contributed by atoms with Crippen molar-refractivity contribution in [3.8, 4) is 5.75 Å². The molecule has 0 aliphatic carbocycles. The summed E-state index contributed by atoms with van der Waals surface area (Å²) in [7, 11) is 1.74. The van der Waals surface area contributed by atoms with Crippen LogP contribution in [0.1, 0.15) is 42.2 Å². The Kier molecular flexibility index (Phi) is 4.27. The Morgan fingerprint density at radius 2 is 2.08 bits per heavy atom. The van der Waals surface area contributed by atoms with Gasteiger partial charge in [-0.2, -0.15) is 0 Å². The van der Waals surface area contributed by atoms with Gasteiger partial charge < -0.3 is 14.8 Å². The molecule has 4 heteroatoms. The van der Waals surface area contributed by atoms with Crippen molar-refractivity contribution in [3.63, 3.8) is 0 Å². The molecule has 0 bridgehead atoms. The Morgan fingerprint density at radius 1 is 1.21 bits per heavy atom. The maximum Gasteiger partial charge on any atom is 0.124 e. The molecule has 0 saturated carbocycles. The third-order valence-electron chi connectivity index (χ3n) is 5.23. The van der Waals surface area contributed by atoms with E-state index in [9.17, 15) is 0 Å². The molecule has 0 radical (unpaired) electrons. The van der Waals surface area contributed by atoms with E-state index in [4.69, 9.17) is 9.47 Å². The molecular formula is C20H22BrNO2. The lowest BCUT2D eigenvalue weighted by atomic mass is 9.80. The Labute approximate surface area is 151 Å². The molecule has 1 unspecified atom stereocenters. The van der Waals surface area contributed by atoms with Gasteiger partial charge in [0.15, 0.2) is 0 Å². The number of aryl methyl sites for hydroxylation is 1. The van der Waals surface area contributed by atoms with Gasteiger partial charge in [0, 0.05) is 33.8 Å². The number of nitrogens with one attached hydrogen (secondary N) is 1. The molecule has 3 atom stereocenters. The van der Waals surface area contributed by atoms with Gasteiger partial charge in [-0.05, 0) is 42.7 Å². The lowest BCUT2D eigenvalue weighted by Gasteiger charge is -2.37. The minimum atomic E-state index is 0.168. The second-order valence-corrected chi connectivity index (χ2v) is 7.44. The molecule has 2 aliphatic heterocycles. The maximum atomic E-state index is 6.15. The second kappa shape index (κ2) is 6.41. The fourth-order valence-corrected chi connectivity index (χ4v) is 4.38. The highest BCUT2D eigenvalue weighted by molar-refractivity contribution is 9.10. The zero-order valence-electron chi connectivity index (χ0n) is 14.0. The first-order valence-electron chi connectivity index (χ1n) is 8.55. The molecule has 4 rings (SSSR count). The summed E-state index contributed by atoms with van der Waals surface area (Å²) in [5, 5.41) is 3.76. The third kappa shape index (κ3) is 2.62. The first kappa shape index (κ1) is 16.0. The molecule has 0 aromatic heterocycles. The van der Waals surface area contributed by atoms with Crippen LogP contribution in [0.15, 0.2) is 40.9 Å². The summed E-state index contributed by atoms with van der Waals surface area (Å²) in [6.07, 6.45) is 2.28. The van der Waals surface area contributed by atoms with Crippen molar-refractivity contribution in [2.24, 2.45) is 5.92 Å². The minimum Gasteiger partial charge on any atom is -0.496 e. The van der Waals surface area contributed by atoms with E-state index in [1.54, 1.807) is 7.11 Å². The standard InChI is InChI=1S/C20H22BrNO2/c1-3-12-4-6-17-15(10-12)20-14(8-9-24-20)19(22-17)16-11-13(21)5-7-18(16)23-2/h4-7,10-11,14,19-20,22H,3,8-9H2,1-2H3/t14-,19?,20-/m0/s1. The number of methoxy groups -OCH3 is 1. The normalized spacial score (nSPS) is 24.9. The molecule has 24 heavy (non-hydrogen) atoms. The third-order valence-corrected chi connectivity index (χ3v) is 5.73. The van der Waals surface area contributed by atoms with E-state index in [1.165, 1.54) is 22.4 Å². The second-order valence-electron chi connectivity index (χ2n) is 6.53. The van der Waals surface area contributed by atoms with Gasteiger partial charge in [0.25, 0.3) is 0 Å². The molecule has 2 aliphatic rings. The molecular weight excluding hydrogens is 366 g/mol. The SMILES string of the molecule is CCc1ccc2c(c1)[C@H]1OCC[C@H]1C(c1cc(Br)ccc1OC)N2. The van der Waals surface area contributed by atoms with E-state index in [2.05, 4.69) is 52.4 Å². The summed E-state index contributed by atoms with van der Waals surface area (Å²) in [5.74, 6) is 1.35. The van der Waals surface area contributed by atoms with Crippen LogP contribution in [0.25, 0.3) is 0 Å². The van der Waals surface area contributed by atoms with Crippen LogP contribution in [0.2, 0.25) is 0 Å². The smallest absolute Gasteiger partial charge is 0.124 e. The summed E-state index contributed by atoms with van der Waals surface area (Å²) < 4.78 is 12.8. The predicted octanol–water partition coefficient (Wildman–Crippen LogP) is 5.26. The molecule has 2 aromatic rings. The predicted molar refractivity (Wildman–Crippen MR) is 99.7 cm³/mol. The average Bonchev–Trinajstić information content (AvgIpc) is 3.10. The summed E-state index contributed by atoms with van der Waals surface area (Å²) in [5.41, 5.74) is 5.05. The van der Waals surface area contributed by atoms with Crippen molar-refractivity contribution < 1.29 is 9.47 Å². The topological polar surface area (TPSA) is 30.5 Å². The van der Waals surface area contributed by atoms with Gasteiger partial charge in [0.1, 0.15) is 5.75 Å². The van der Waals surface area contributed by atoms with Crippen LogP contribution < -0.4 is 10.1 Å². The maximum absolute atomic E-state index is 6.15. The van der Waals surface area contributed by atoms with Crippen LogP contribution in [0.3, 0.4) is 0 Å². The molecule has 126 valence electrons. The van der Waals surface area contributed by atoms with Crippen molar-refractivity contribution in [2.45, 2.75) is 31.9 Å². The zero-order chi connectivity index (χ0) is 16.7. The first-order valence-corrected chi connectivity index (χ1v) is 9.35. The van der Waals surface area contributed by atoms with E-state index < -0.39 is 0 Å². The van der Waals surface area contributed by atoms with Crippen molar-refractivity contribution in [1.29, 1.82) is 0 Å². The largest absolute Gasteiger partial charge is 0.496 e. The number of anilines is 1. The number of hydrogen-bond acceptors (Lipinski definition) is 3. The summed E-state index contributed by atoms with van der Waals surface area (Å²) in [6.45, 7) is 3.01. The lowest BCUT2D eigenvalue weighted by Crippen LogP contribution is -2.29. The highest BCUT2D eigenvalue weighted by atomic mass is 79.9. The Balaban J connectivity index is 1.80. The fourth-order valence-electron chi connectivity index (χ4n) is 4.00. The molecule has 2 heterocycles. The summed E-state index contributed by atoms with van der Waals surface area (Å²) >= 11 is 3.60. The van der Waals surface area contributed by atoms with E-state index in [1.807, 2.05) is 12.1 Å². The van der Waals surface area contributed by atoms with Crippen molar-refractivity contribution in [1.82, 2.24) is 0 Å². The number of halogens is 1. The van der Waals surface area contributed by atoms with E-state index in [-0.39, 0.29) is 12.1 Å². The van der Waals surface area contributed by atoms with Gasteiger partial charge in [-0.25, -0.2) is 0 Å². The van der Waals surface area contributed by atoms with Gasteiger partial charge in [-0.15, -0.1) is 0 Å². The van der Waals surface area contributed by atoms with Crippen LogP contribution in [0.5, 0.6) is 5.75 Å². The quantitative estimate of drug-likeness (QED) is 0.778. The van der Waals surface area contributed by atoms with Gasteiger partial charge in [0.05, 0.1) is 19.3 Å². The molecule has 3 nitrogen and oxygen atoms in total. The molecule has 1 saturated heterocycles. The van der Waals surface area contributed by atoms with Crippen LogP contribution >= 0.6 is 15.9 Å². The molecule has 1 N–H and O–H groups in total.